The molecule has 0 radical (unpaired) electrons. The fourth-order valence-corrected chi connectivity index (χ4v) is 5.47. The molecule has 0 atom stereocenters. The standard InChI is InChI=1S/C28H29NO3/c1-27(2)15-25(30)28(26(31)16-27)14-23-22-7-5-4-6-20(22)10-13-24(23)29(18-28)17-19-8-11-21(32-3)12-9-19/h4-13H,14-18H2,1-3H3. The van der Waals surface area contributed by atoms with E-state index in [2.05, 4.69) is 41.3 Å². The molecule has 164 valence electrons. The number of hydrogen-bond acceptors (Lipinski definition) is 4. The fraction of sp³-hybridized carbons (Fsp3) is 0.357. The van der Waals surface area contributed by atoms with Crippen molar-refractivity contribution in [2.24, 2.45) is 10.8 Å². The van der Waals surface area contributed by atoms with E-state index in [0.717, 1.165) is 33.3 Å². The number of carbonyl (C=O) groups is 2. The van der Waals surface area contributed by atoms with Crippen LogP contribution < -0.4 is 9.64 Å². The molecular formula is C28H29NO3. The first-order valence-corrected chi connectivity index (χ1v) is 11.3. The average Bonchev–Trinajstić information content (AvgIpc) is 2.77. The maximum absolute atomic E-state index is 13.6. The lowest BCUT2D eigenvalue weighted by molar-refractivity contribution is -0.147. The molecule has 32 heavy (non-hydrogen) atoms. The van der Waals surface area contributed by atoms with Crippen molar-refractivity contribution < 1.29 is 14.3 Å². The van der Waals surface area contributed by atoms with Crippen LogP contribution in [0.25, 0.3) is 10.8 Å². The molecule has 1 aliphatic carbocycles. The van der Waals surface area contributed by atoms with Crippen molar-refractivity contribution in [1.29, 1.82) is 0 Å². The van der Waals surface area contributed by atoms with Crippen LogP contribution in [0.15, 0.2) is 60.7 Å². The quantitative estimate of drug-likeness (QED) is 0.528. The second-order valence-electron chi connectivity index (χ2n) is 10.1. The van der Waals surface area contributed by atoms with E-state index >= 15 is 0 Å². The SMILES string of the molecule is COc1ccc(CN2CC3(Cc4c2ccc2ccccc42)C(=O)CC(C)(C)CC3=O)cc1. The second-order valence-corrected chi connectivity index (χ2v) is 10.1. The molecule has 3 aromatic carbocycles. The molecule has 1 fully saturated rings. The zero-order chi connectivity index (χ0) is 22.5. The number of Topliss-reactive ketones (excluding diaryl/α,β-unsaturated/α-hetero) is 2. The molecule has 1 heterocycles. The van der Waals surface area contributed by atoms with Crippen LogP contribution in [-0.4, -0.2) is 25.2 Å². The highest BCUT2D eigenvalue weighted by molar-refractivity contribution is 6.11. The molecule has 0 amide bonds. The Kier molecular flexibility index (Phi) is 4.85. The highest BCUT2D eigenvalue weighted by Gasteiger charge is 2.54. The zero-order valence-electron chi connectivity index (χ0n) is 19.0. The van der Waals surface area contributed by atoms with E-state index in [1.165, 1.54) is 0 Å². The normalized spacial score (nSPS) is 19.3. The van der Waals surface area contributed by atoms with Gasteiger partial charge in [0.15, 0.2) is 0 Å². The van der Waals surface area contributed by atoms with Crippen LogP contribution in [0, 0.1) is 10.8 Å². The molecule has 5 rings (SSSR count). The number of methoxy groups -OCH3 is 1. The third-order valence-electron chi connectivity index (χ3n) is 7.17. The van der Waals surface area contributed by atoms with Gasteiger partial charge >= 0.3 is 0 Å². The van der Waals surface area contributed by atoms with Crippen molar-refractivity contribution in [3.05, 3.63) is 71.8 Å². The van der Waals surface area contributed by atoms with Gasteiger partial charge in [-0.05, 0) is 51.9 Å². The summed E-state index contributed by atoms with van der Waals surface area (Å²) in [6, 6.07) is 20.6. The van der Waals surface area contributed by atoms with Crippen LogP contribution in [0.5, 0.6) is 5.75 Å². The summed E-state index contributed by atoms with van der Waals surface area (Å²) in [7, 11) is 1.66. The first kappa shape index (κ1) is 20.7. The van der Waals surface area contributed by atoms with Gasteiger partial charge in [0, 0.05) is 31.6 Å². The number of fused-ring (bicyclic) bond motifs is 3. The number of nitrogens with zero attached hydrogens (tertiary/aromatic N) is 1. The minimum Gasteiger partial charge on any atom is -0.497 e. The van der Waals surface area contributed by atoms with Gasteiger partial charge in [0.05, 0.1) is 7.11 Å². The van der Waals surface area contributed by atoms with Crippen LogP contribution >= 0.6 is 0 Å². The molecule has 0 bridgehead atoms. The minimum absolute atomic E-state index is 0.0945. The van der Waals surface area contributed by atoms with Gasteiger partial charge < -0.3 is 9.64 Å². The summed E-state index contributed by atoms with van der Waals surface area (Å²) in [5.74, 6) is 1.00. The number of benzene rings is 3. The van der Waals surface area contributed by atoms with E-state index in [9.17, 15) is 9.59 Å². The largest absolute Gasteiger partial charge is 0.497 e. The van der Waals surface area contributed by atoms with Gasteiger partial charge in [-0.25, -0.2) is 0 Å². The summed E-state index contributed by atoms with van der Waals surface area (Å²) in [4.78, 5) is 29.4. The molecule has 4 nitrogen and oxygen atoms in total. The van der Waals surface area contributed by atoms with Gasteiger partial charge in [0.2, 0.25) is 0 Å². The highest BCUT2D eigenvalue weighted by atomic mass is 16.5. The number of rotatable bonds is 3. The molecule has 1 spiro atoms. The Labute approximate surface area is 189 Å². The maximum Gasteiger partial charge on any atom is 0.149 e. The van der Waals surface area contributed by atoms with Crippen LogP contribution in [0.3, 0.4) is 0 Å². The Morgan fingerprint density at radius 2 is 1.56 bits per heavy atom. The summed E-state index contributed by atoms with van der Waals surface area (Å²) in [6.45, 7) is 5.13. The summed E-state index contributed by atoms with van der Waals surface area (Å²) < 4.78 is 5.30. The Morgan fingerprint density at radius 1 is 0.875 bits per heavy atom. The van der Waals surface area contributed by atoms with Gasteiger partial charge in [-0.1, -0.05) is 56.3 Å². The number of ether oxygens (including phenoxy) is 1. The van der Waals surface area contributed by atoms with Crippen molar-refractivity contribution in [2.75, 3.05) is 18.6 Å². The van der Waals surface area contributed by atoms with Gasteiger partial charge in [0.1, 0.15) is 22.7 Å². The molecular weight excluding hydrogens is 398 g/mol. The maximum atomic E-state index is 13.6. The number of anilines is 1. The molecule has 0 unspecified atom stereocenters. The van der Waals surface area contributed by atoms with E-state index in [-0.39, 0.29) is 17.0 Å². The highest BCUT2D eigenvalue weighted by Crippen LogP contribution is 2.48. The lowest BCUT2D eigenvalue weighted by Crippen LogP contribution is -2.57. The summed E-state index contributed by atoms with van der Waals surface area (Å²) >= 11 is 0. The summed E-state index contributed by atoms with van der Waals surface area (Å²) in [5, 5.41) is 2.28. The van der Waals surface area contributed by atoms with E-state index < -0.39 is 5.41 Å². The van der Waals surface area contributed by atoms with Gasteiger partial charge in [-0.15, -0.1) is 0 Å². The van der Waals surface area contributed by atoms with Crippen molar-refractivity contribution in [3.8, 4) is 5.75 Å². The predicted octanol–water partition coefficient (Wildman–Crippen LogP) is 5.36. The van der Waals surface area contributed by atoms with Crippen molar-refractivity contribution in [3.63, 3.8) is 0 Å². The third-order valence-corrected chi connectivity index (χ3v) is 7.17. The van der Waals surface area contributed by atoms with Crippen LogP contribution in [-0.2, 0) is 22.6 Å². The fourth-order valence-electron chi connectivity index (χ4n) is 5.47. The summed E-state index contributed by atoms with van der Waals surface area (Å²) in [5.41, 5.74) is 2.14. The van der Waals surface area contributed by atoms with Crippen molar-refractivity contribution in [2.45, 2.75) is 39.7 Å². The number of ketones is 2. The van der Waals surface area contributed by atoms with Gasteiger partial charge in [-0.2, -0.15) is 0 Å². The molecule has 0 saturated heterocycles. The van der Waals surface area contributed by atoms with Crippen LogP contribution in [0.1, 0.15) is 37.8 Å². The Hall–Kier alpha value is -3.14. The summed E-state index contributed by atoms with van der Waals surface area (Å²) in [6.07, 6.45) is 1.40. The number of hydrogen-bond donors (Lipinski definition) is 0. The van der Waals surface area contributed by atoms with Crippen LogP contribution in [0.2, 0.25) is 0 Å². The topological polar surface area (TPSA) is 46.6 Å². The molecule has 1 aliphatic heterocycles. The average molecular weight is 428 g/mol. The molecule has 1 saturated carbocycles. The minimum atomic E-state index is -0.959. The van der Waals surface area contributed by atoms with E-state index in [1.807, 2.05) is 38.1 Å². The molecule has 4 heteroatoms. The lowest BCUT2D eigenvalue weighted by Gasteiger charge is -2.47. The Balaban J connectivity index is 1.62. The second kappa shape index (κ2) is 7.47. The first-order valence-electron chi connectivity index (χ1n) is 11.3. The Morgan fingerprint density at radius 3 is 2.25 bits per heavy atom. The van der Waals surface area contributed by atoms with Crippen LogP contribution in [0.4, 0.5) is 5.69 Å². The Bertz CT molecular complexity index is 1190. The molecule has 0 N–H and O–H groups in total. The number of carbonyl (C=O) groups excluding carboxylic acids is 2. The first-order chi connectivity index (χ1) is 15.3. The smallest absolute Gasteiger partial charge is 0.149 e. The van der Waals surface area contributed by atoms with Gasteiger partial charge in [-0.3, -0.25) is 9.59 Å². The lowest BCUT2D eigenvalue weighted by atomic mass is 9.59. The predicted molar refractivity (Wildman–Crippen MR) is 127 cm³/mol. The zero-order valence-corrected chi connectivity index (χ0v) is 19.0. The van der Waals surface area contributed by atoms with Crippen molar-refractivity contribution >= 4 is 28.0 Å². The van der Waals surface area contributed by atoms with E-state index in [4.69, 9.17) is 4.74 Å². The molecule has 0 aromatic heterocycles. The third kappa shape index (κ3) is 3.38. The van der Waals surface area contributed by atoms with Crippen molar-refractivity contribution in [1.82, 2.24) is 0 Å². The monoisotopic (exact) mass is 427 g/mol. The molecule has 3 aromatic rings. The van der Waals surface area contributed by atoms with E-state index in [1.54, 1.807) is 7.11 Å². The van der Waals surface area contributed by atoms with Gasteiger partial charge in [0.25, 0.3) is 0 Å². The molecule has 2 aliphatic rings. The van der Waals surface area contributed by atoms with E-state index in [0.29, 0.717) is 32.4 Å².